The van der Waals surface area contributed by atoms with Crippen molar-refractivity contribution in [3.05, 3.63) is 107 Å². The van der Waals surface area contributed by atoms with Gasteiger partial charge in [-0.3, -0.25) is 19.0 Å². The number of rotatable bonds is 7. The summed E-state index contributed by atoms with van der Waals surface area (Å²) in [5.41, 5.74) is 3.40. The predicted molar refractivity (Wildman–Crippen MR) is 162 cm³/mol. The molecule has 0 saturated heterocycles. The molecule has 0 fully saturated rings. The van der Waals surface area contributed by atoms with Gasteiger partial charge in [0.1, 0.15) is 11.3 Å². The van der Waals surface area contributed by atoms with Gasteiger partial charge in [-0.15, -0.1) is 0 Å². The number of methoxy groups -OCH3 is 1. The maximum atomic E-state index is 13.9. The van der Waals surface area contributed by atoms with Crippen molar-refractivity contribution in [2.24, 2.45) is 0 Å². The number of carbonyl (C=O) groups excluding carboxylic acids is 1. The number of sulfonamides is 1. The van der Waals surface area contributed by atoms with Crippen molar-refractivity contribution < 1.29 is 17.9 Å². The van der Waals surface area contributed by atoms with Gasteiger partial charge >= 0.3 is 0 Å². The fourth-order valence-electron chi connectivity index (χ4n) is 4.92. The Balaban J connectivity index is 1.35. The number of hydrogen-bond donors (Lipinski definition) is 0. The molecule has 41 heavy (non-hydrogen) atoms. The van der Waals surface area contributed by atoms with Gasteiger partial charge in [0.15, 0.2) is 5.13 Å². The Morgan fingerprint density at radius 3 is 2.63 bits per heavy atom. The van der Waals surface area contributed by atoms with Crippen LogP contribution in [0.1, 0.15) is 27.9 Å². The van der Waals surface area contributed by atoms with Gasteiger partial charge in [-0.1, -0.05) is 47.2 Å². The van der Waals surface area contributed by atoms with Gasteiger partial charge in [0.2, 0.25) is 0 Å². The molecule has 8 nitrogen and oxygen atoms in total. The van der Waals surface area contributed by atoms with Crippen LogP contribution in [0, 0.1) is 0 Å². The summed E-state index contributed by atoms with van der Waals surface area (Å²) in [7, 11) is -2.25. The quantitative estimate of drug-likeness (QED) is 0.215. The number of amides is 1. The third kappa shape index (κ3) is 5.14. The summed E-state index contributed by atoms with van der Waals surface area (Å²) in [5, 5.41) is 0.939. The van der Waals surface area contributed by atoms with E-state index in [0.29, 0.717) is 43.9 Å². The number of nitrogens with zero attached hydrogens (tertiary/aromatic N) is 4. The number of aromatic nitrogens is 2. The lowest BCUT2D eigenvalue weighted by atomic mass is 10.0. The third-order valence-electron chi connectivity index (χ3n) is 6.96. The van der Waals surface area contributed by atoms with E-state index in [0.717, 1.165) is 24.0 Å². The molecule has 0 unspecified atom stereocenters. The topological polar surface area (TPSA) is 92.7 Å². The third-order valence-corrected chi connectivity index (χ3v) is 10.3. The fourth-order valence-corrected chi connectivity index (χ4v) is 7.72. The number of para-hydroxylation sites is 1. The highest BCUT2D eigenvalue weighted by molar-refractivity contribution is 7.92. The molecule has 2 aromatic heterocycles. The molecule has 208 valence electrons. The van der Waals surface area contributed by atoms with Crippen LogP contribution in [0.5, 0.6) is 5.75 Å². The summed E-state index contributed by atoms with van der Waals surface area (Å²) in [6.07, 6.45) is 4.93. The summed E-state index contributed by atoms with van der Waals surface area (Å²) in [6, 6.07) is 20.8. The molecule has 0 aliphatic carbocycles. The Morgan fingerprint density at radius 2 is 1.88 bits per heavy atom. The maximum Gasteiger partial charge on any atom is 0.264 e. The smallest absolute Gasteiger partial charge is 0.264 e. The van der Waals surface area contributed by atoms with E-state index in [1.807, 2.05) is 30.3 Å². The summed E-state index contributed by atoms with van der Waals surface area (Å²) < 4.78 is 34.8. The summed E-state index contributed by atoms with van der Waals surface area (Å²) in [4.78, 5) is 24.5. The molecule has 0 N–H and O–H groups in total. The highest BCUT2D eigenvalue weighted by Gasteiger charge is 2.30. The van der Waals surface area contributed by atoms with Crippen molar-refractivity contribution in [2.75, 3.05) is 22.9 Å². The number of carbonyl (C=O) groups is 1. The molecule has 0 atom stereocenters. The van der Waals surface area contributed by atoms with E-state index in [2.05, 4.69) is 4.98 Å². The zero-order chi connectivity index (χ0) is 28.6. The molecule has 3 aromatic carbocycles. The first-order chi connectivity index (χ1) is 19.9. The SMILES string of the molecule is COc1ccc(Cl)c2sc(N(Cc3cccnc3)C(=O)c3ccc(S(=O)(=O)N4CCCc5ccccc54)cc3)nc12. The Bertz CT molecular complexity index is 1840. The second-order valence-corrected chi connectivity index (χ2v) is 12.8. The monoisotopic (exact) mass is 604 g/mol. The minimum atomic E-state index is -3.81. The van der Waals surface area contributed by atoms with Gasteiger partial charge in [0.25, 0.3) is 15.9 Å². The van der Waals surface area contributed by atoms with Crippen LogP contribution in [0.25, 0.3) is 10.2 Å². The van der Waals surface area contributed by atoms with E-state index in [1.165, 1.54) is 27.8 Å². The normalized spacial score (nSPS) is 13.2. The number of aryl methyl sites for hydroxylation is 1. The summed E-state index contributed by atoms with van der Waals surface area (Å²) in [6.45, 7) is 0.611. The van der Waals surface area contributed by atoms with Crippen LogP contribution in [0.15, 0.2) is 90.1 Å². The number of fused-ring (bicyclic) bond motifs is 2. The van der Waals surface area contributed by atoms with Gasteiger partial charge in [-0.25, -0.2) is 13.4 Å². The molecule has 0 spiro atoms. The number of hydrogen-bond acceptors (Lipinski definition) is 7. The predicted octanol–water partition coefficient (Wildman–Crippen LogP) is 6.34. The first kappa shape index (κ1) is 27.2. The minimum absolute atomic E-state index is 0.126. The molecule has 3 heterocycles. The first-order valence-corrected chi connectivity index (χ1v) is 15.5. The lowest BCUT2D eigenvalue weighted by Crippen LogP contribution is -2.35. The van der Waals surface area contributed by atoms with Crippen LogP contribution in [0.2, 0.25) is 5.02 Å². The van der Waals surface area contributed by atoms with Crippen molar-refractivity contribution in [3.63, 3.8) is 0 Å². The maximum absolute atomic E-state index is 13.9. The van der Waals surface area contributed by atoms with Gasteiger partial charge < -0.3 is 4.74 Å². The number of benzene rings is 3. The highest BCUT2D eigenvalue weighted by atomic mass is 35.5. The van der Waals surface area contributed by atoms with Crippen molar-refractivity contribution >= 4 is 59.9 Å². The van der Waals surface area contributed by atoms with Gasteiger partial charge in [-0.2, -0.15) is 0 Å². The number of ether oxygens (including phenoxy) is 1. The second-order valence-electron chi connectivity index (χ2n) is 9.51. The van der Waals surface area contributed by atoms with Crippen LogP contribution < -0.4 is 13.9 Å². The molecule has 5 aromatic rings. The van der Waals surface area contributed by atoms with Gasteiger partial charge in [-0.05, 0) is 72.5 Å². The van der Waals surface area contributed by atoms with Gasteiger partial charge in [0, 0.05) is 24.5 Å². The molecule has 6 rings (SSSR count). The second kappa shape index (κ2) is 11.1. The number of pyridine rings is 1. The lowest BCUT2D eigenvalue weighted by molar-refractivity contribution is 0.0985. The molecule has 1 aliphatic rings. The summed E-state index contributed by atoms with van der Waals surface area (Å²) >= 11 is 7.74. The highest BCUT2D eigenvalue weighted by Crippen LogP contribution is 2.39. The van der Waals surface area contributed by atoms with Crippen LogP contribution in [0.4, 0.5) is 10.8 Å². The average Bonchev–Trinajstić information content (AvgIpc) is 3.46. The van der Waals surface area contributed by atoms with E-state index in [9.17, 15) is 13.2 Å². The molecular formula is C30H25ClN4O4S2. The van der Waals surface area contributed by atoms with E-state index in [4.69, 9.17) is 21.3 Å². The molecule has 0 radical (unpaired) electrons. The Morgan fingerprint density at radius 1 is 1.07 bits per heavy atom. The zero-order valence-corrected chi connectivity index (χ0v) is 24.4. The standard InChI is InChI=1S/C30H25ClN4O4S2/c1-39-26-15-14-24(31)28-27(26)33-30(40-28)34(19-20-6-4-16-32-18-20)29(36)22-10-12-23(13-11-22)41(37,38)35-17-5-8-21-7-2-3-9-25(21)35/h2-4,6-7,9-16,18H,5,8,17,19H2,1H3. The molecule has 11 heteroatoms. The minimum Gasteiger partial charge on any atom is -0.494 e. The Hall–Kier alpha value is -3.99. The summed E-state index contributed by atoms with van der Waals surface area (Å²) in [5.74, 6) is 0.213. The largest absolute Gasteiger partial charge is 0.494 e. The first-order valence-electron chi connectivity index (χ1n) is 12.9. The lowest BCUT2D eigenvalue weighted by Gasteiger charge is -2.30. The van der Waals surface area contributed by atoms with Gasteiger partial charge in [0.05, 0.1) is 34.0 Å². The van der Waals surface area contributed by atoms with E-state index in [-0.39, 0.29) is 17.3 Å². The van der Waals surface area contributed by atoms with Crippen molar-refractivity contribution in [1.82, 2.24) is 9.97 Å². The molecule has 1 aliphatic heterocycles. The van der Waals surface area contributed by atoms with Crippen molar-refractivity contribution in [1.29, 1.82) is 0 Å². The van der Waals surface area contributed by atoms with Crippen molar-refractivity contribution in [2.45, 2.75) is 24.3 Å². The molecule has 1 amide bonds. The molecular weight excluding hydrogens is 580 g/mol. The van der Waals surface area contributed by atoms with Crippen LogP contribution in [0.3, 0.4) is 0 Å². The van der Waals surface area contributed by atoms with Crippen LogP contribution >= 0.6 is 22.9 Å². The Labute approximate surface area is 246 Å². The fraction of sp³-hybridized carbons (Fsp3) is 0.167. The molecule has 0 bridgehead atoms. The van der Waals surface area contributed by atoms with Crippen LogP contribution in [-0.2, 0) is 23.0 Å². The number of halogens is 1. The molecule has 0 saturated carbocycles. The van der Waals surface area contributed by atoms with E-state index < -0.39 is 10.0 Å². The van der Waals surface area contributed by atoms with Crippen LogP contribution in [-0.4, -0.2) is 37.9 Å². The average molecular weight is 605 g/mol. The van der Waals surface area contributed by atoms with E-state index >= 15 is 0 Å². The van der Waals surface area contributed by atoms with E-state index in [1.54, 1.807) is 54.7 Å². The zero-order valence-electron chi connectivity index (χ0n) is 22.0. The Kier molecular flexibility index (Phi) is 7.37. The van der Waals surface area contributed by atoms with Crippen molar-refractivity contribution in [3.8, 4) is 5.75 Å². The number of anilines is 2. The number of thiazole rings is 1.